The van der Waals surface area contributed by atoms with Crippen LogP contribution >= 0.6 is 0 Å². The third kappa shape index (κ3) is 9.86. The molecule has 2 aliphatic heterocycles. The number of aromatic nitrogens is 4. The van der Waals surface area contributed by atoms with Crippen molar-refractivity contribution in [1.29, 1.82) is 0 Å². The standard InChI is InChI=1S/C32H36N4.3C2H6.Zn/c1-5-6-7-8-9-10-11-12-24-31-19-17-29(35-31)22(3)27-15-13-25(33-27)21(2)26-14-16-28(34-26)23(4)30-18-20-32(24)36-30;3*1-2;/h13-20H,5-12H2,1-4H3;3*1-2H3;/q-2;;;;+2. The summed E-state index contributed by atoms with van der Waals surface area (Å²) in [6.07, 6.45) is 18.5. The van der Waals surface area contributed by atoms with Crippen LogP contribution in [0.3, 0.4) is 0 Å². The Morgan fingerprint density at radius 3 is 1.30 bits per heavy atom. The van der Waals surface area contributed by atoms with Crippen molar-refractivity contribution in [3.8, 4) is 0 Å². The van der Waals surface area contributed by atoms with Crippen molar-refractivity contribution in [2.75, 3.05) is 0 Å². The molecule has 0 saturated carbocycles. The summed E-state index contributed by atoms with van der Waals surface area (Å²) in [7, 11) is 0. The number of unbranched alkanes of at least 4 members (excludes halogenated alkanes) is 6. The molecule has 5 heterocycles. The van der Waals surface area contributed by atoms with E-state index in [-0.39, 0.29) is 19.5 Å². The van der Waals surface area contributed by atoms with Crippen LogP contribution in [-0.2, 0) is 25.9 Å². The summed E-state index contributed by atoms with van der Waals surface area (Å²) in [5.74, 6) is 0. The van der Waals surface area contributed by atoms with E-state index in [0.717, 1.165) is 74.4 Å². The molecule has 0 amide bonds. The monoisotopic (exact) mass is 630 g/mol. The Hall–Kier alpha value is -2.78. The summed E-state index contributed by atoms with van der Waals surface area (Å²) in [6, 6.07) is 8.47. The van der Waals surface area contributed by atoms with Gasteiger partial charge in [-0.05, 0) is 80.2 Å². The van der Waals surface area contributed by atoms with Crippen LogP contribution in [0.2, 0.25) is 0 Å². The summed E-state index contributed by atoms with van der Waals surface area (Å²) in [5, 5.41) is 0. The average molecular weight is 632 g/mol. The Morgan fingerprint density at radius 1 is 0.488 bits per heavy atom. The first-order valence-corrected chi connectivity index (χ1v) is 16.5. The van der Waals surface area contributed by atoms with Crippen molar-refractivity contribution in [3.63, 3.8) is 0 Å². The molecule has 0 N–H and O–H groups in total. The minimum atomic E-state index is 0. The normalized spacial score (nSPS) is 10.9. The van der Waals surface area contributed by atoms with Crippen molar-refractivity contribution in [3.05, 3.63) is 69.3 Å². The van der Waals surface area contributed by atoms with E-state index in [2.05, 4.69) is 76.3 Å². The van der Waals surface area contributed by atoms with Crippen LogP contribution in [0.15, 0.2) is 24.3 Å². The number of hydrogen-bond donors (Lipinski definition) is 0. The molecule has 8 bridgehead atoms. The van der Waals surface area contributed by atoms with Gasteiger partial charge >= 0.3 is 19.5 Å². The largest absolute Gasteiger partial charge is 2.00 e. The van der Waals surface area contributed by atoms with Crippen LogP contribution in [-0.4, -0.2) is 9.97 Å². The summed E-state index contributed by atoms with van der Waals surface area (Å²) < 4.78 is 0. The maximum Gasteiger partial charge on any atom is 2.00 e. The van der Waals surface area contributed by atoms with E-state index in [1.54, 1.807) is 0 Å². The molecule has 2 aliphatic rings. The molecule has 43 heavy (non-hydrogen) atoms. The van der Waals surface area contributed by atoms with E-state index in [1.165, 1.54) is 44.1 Å². The molecule has 0 unspecified atom stereocenters. The summed E-state index contributed by atoms with van der Waals surface area (Å²) in [5.41, 5.74) is 12.4. The SMILES string of the molecule is CC.CC.CC.CCCCCCCCCc1c2nc(c(C)c3ccc([n-]3)c(C)c3nc(c(C)c4ccc1[n-]4)C=C3)C=C2.[Zn+2]. The van der Waals surface area contributed by atoms with E-state index >= 15 is 0 Å². The Kier molecular flexibility index (Phi) is 18.0. The third-order valence-electron chi connectivity index (χ3n) is 7.51. The second-order valence-corrected chi connectivity index (χ2v) is 10.1. The molecule has 0 spiro atoms. The zero-order valence-corrected chi connectivity index (χ0v) is 31.7. The van der Waals surface area contributed by atoms with Crippen LogP contribution in [0.5, 0.6) is 0 Å². The van der Waals surface area contributed by atoms with Gasteiger partial charge in [-0.15, -0.1) is 22.1 Å². The molecular weight excluding hydrogens is 578 g/mol. The van der Waals surface area contributed by atoms with Gasteiger partial charge in [0.2, 0.25) is 0 Å². The molecule has 0 fully saturated rings. The van der Waals surface area contributed by atoms with Crippen molar-refractivity contribution >= 4 is 46.4 Å². The van der Waals surface area contributed by atoms with Crippen molar-refractivity contribution in [1.82, 2.24) is 19.9 Å². The number of rotatable bonds is 8. The first kappa shape index (κ1) is 38.2. The fourth-order valence-electron chi connectivity index (χ4n) is 5.08. The van der Waals surface area contributed by atoms with Gasteiger partial charge in [0.25, 0.3) is 0 Å². The van der Waals surface area contributed by atoms with Gasteiger partial charge in [-0.25, -0.2) is 9.97 Å². The van der Waals surface area contributed by atoms with Gasteiger partial charge < -0.3 is 9.97 Å². The third-order valence-corrected chi connectivity index (χ3v) is 7.51. The van der Waals surface area contributed by atoms with Gasteiger partial charge in [-0.1, -0.05) is 111 Å². The maximum atomic E-state index is 5.08. The van der Waals surface area contributed by atoms with Crippen LogP contribution in [0.25, 0.3) is 46.4 Å². The van der Waals surface area contributed by atoms with E-state index in [0.29, 0.717) is 0 Å². The van der Waals surface area contributed by atoms with E-state index < -0.39 is 0 Å². The zero-order chi connectivity index (χ0) is 31.1. The van der Waals surface area contributed by atoms with Crippen molar-refractivity contribution in [2.24, 2.45) is 0 Å². The first-order valence-electron chi connectivity index (χ1n) is 16.5. The van der Waals surface area contributed by atoms with Gasteiger partial charge in [0.1, 0.15) is 0 Å². The molecule has 0 saturated heterocycles. The molecular formula is C38H54N4Zn. The van der Waals surface area contributed by atoms with Crippen LogP contribution in [0.1, 0.15) is 138 Å². The molecule has 3 aromatic rings. The topological polar surface area (TPSA) is 54.0 Å². The Labute approximate surface area is 274 Å². The van der Waals surface area contributed by atoms with Gasteiger partial charge in [-0.3, -0.25) is 0 Å². The predicted molar refractivity (Wildman–Crippen MR) is 187 cm³/mol. The number of hydrogen-bond acceptors (Lipinski definition) is 2. The Balaban J connectivity index is 0.00000124. The Bertz CT molecular complexity index is 1490. The molecule has 5 heteroatoms. The second-order valence-electron chi connectivity index (χ2n) is 10.1. The van der Waals surface area contributed by atoms with Crippen molar-refractivity contribution in [2.45, 2.75) is 121 Å². The van der Waals surface area contributed by atoms with Crippen LogP contribution in [0, 0.1) is 20.8 Å². The molecule has 228 valence electrons. The van der Waals surface area contributed by atoms with Gasteiger partial charge in [0.15, 0.2) is 0 Å². The quantitative estimate of drug-likeness (QED) is 0.126. The number of nitrogens with zero attached hydrogens (tertiary/aromatic N) is 4. The minimum Gasteiger partial charge on any atom is -0.657 e. The van der Waals surface area contributed by atoms with Crippen molar-refractivity contribution < 1.29 is 19.5 Å². The van der Waals surface area contributed by atoms with Gasteiger partial charge in [0, 0.05) is 0 Å². The van der Waals surface area contributed by atoms with Gasteiger partial charge in [0.05, 0.1) is 22.8 Å². The summed E-state index contributed by atoms with van der Waals surface area (Å²) in [6.45, 7) is 20.6. The average Bonchev–Trinajstić information content (AvgIpc) is 3.87. The van der Waals surface area contributed by atoms with E-state index in [1.807, 2.05) is 41.5 Å². The molecule has 0 aliphatic carbocycles. The number of aryl methyl sites for hydroxylation is 4. The fourth-order valence-corrected chi connectivity index (χ4v) is 5.08. The summed E-state index contributed by atoms with van der Waals surface area (Å²) >= 11 is 0. The molecule has 3 aromatic heterocycles. The molecule has 0 radical (unpaired) electrons. The second kappa shape index (κ2) is 20.2. The number of fused-ring (bicyclic) bond motifs is 8. The smallest absolute Gasteiger partial charge is 0.657 e. The molecule has 5 rings (SSSR count). The Morgan fingerprint density at radius 2 is 0.837 bits per heavy atom. The van der Waals surface area contributed by atoms with E-state index in [4.69, 9.17) is 19.9 Å². The maximum absolute atomic E-state index is 5.08. The zero-order valence-electron chi connectivity index (χ0n) is 28.8. The van der Waals surface area contributed by atoms with Crippen LogP contribution < -0.4 is 9.97 Å². The molecule has 0 aromatic carbocycles. The van der Waals surface area contributed by atoms with E-state index in [9.17, 15) is 0 Å². The molecule has 0 atom stereocenters. The molecule has 4 nitrogen and oxygen atoms in total. The predicted octanol–water partition coefficient (Wildman–Crippen LogP) is 11.2. The van der Waals surface area contributed by atoms with Gasteiger partial charge in [-0.2, -0.15) is 0 Å². The fraction of sp³-hybridized carbons (Fsp3) is 0.474. The first-order chi connectivity index (χ1) is 20.5. The van der Waals surface area contributed by atoms with Crippen LogP contribution in [0.4, 0.5) is 0 Å². The summed E-state index contributed by atoms with van der Waals surface area (Å²) in [4.78, 5) is 20.0. The minimum absolute atomic E-state index is 0.